The minimum atomic E-state index is -3.24. The van der Waals surface area contributed by atoms with E-state index in [1.165, 1.54) is 18.6 Å². The number of hydrogen-bond acceptors (Lipinski definition) is 9. The van der Waals surface area contributed by atoms with E-state index in [1.807, 2.05) is 0 Å². The molecule has 2 aliphatic heterocycles. The number of rotatable bonds is 13. The largest absolute Gasteiger partial charge is 0.347 e. The average molecular weight is 717 g/mol. The number of carbonyl (C=O) groups excluding carboxylic acids is 6. The smallest absolute Gasteiger partial charge is 0.289 e. The van der Waals surface area contributed by atoms with Crippen molar-refractivity contribution in [2.24, 2.45) is 17.3 Å². The van der Waals surface area contributed by atoms with Gasteiger partial charge in [-0.3, -0.25) is 33.8 Å². The van der Waals surface area contributed by atoms with Crippen molar-refractivity contribution in [3.05, 3.63) is 24.3 Å². The zero-order chi connectivity index (χ0) is 37.1. The van der Waals surface area contributed by atoms with Crippen molar-refractivity contribution in [3.63, 3.8) is 0 Å². The number of likely N-dealkylation sites (tertiary alicyclic amines) is 1. The molecule has 5 amide bonds. The van der Waals surface area contributed by atoms with Gasteiger partial charge in [-0.25, -0.2) is 13.8 Å². The van der Waals surface area contributed by atoms with Crippen molar-refractivity contribution < 1.29 is 37.5 Å². The minimum absolute atomic E-state index is 0.0188. The Morgan fingerprint density at radius 1 is 1.00 bits per heavy atom. The second-order valence-electron chi connectivity index (χ2n) is 15.4. The molecule has 1 aromatic rings. The summed E-state index contributed by atoms with van der Waals surface area (Å²) in [6, 6.07) is -6.21. The summed E-state index contributed by atoms with van der Waals surface area (Å²) in [4.78, 5) is 90.5. The van der Waals surface area contributed by atoms with Crippen molar-refractivity contribution in [1.82, 2.24) is 41.5 Å². The second-order valence-corrected chi connectivity index (χ2v) is 15.4. The monoisotopic (exact) mass is 716 g/mol. The summed E-state index contributed by atoms with van der Waals surface area (Å²) in [6.07, 6.45) is 10.2. The van der Waals surface area contributed by atoms with Crippen LogP contribution < -0.4 is 26.6 Å². The van der Waals surface area contributed by atoms with Crippen molar-refractivity contribution in [3.8, 4) is 0 Å². The van der Waals surface area contributed by atoms with Crippen LogP contribution in [-0.2, 0) is 24.0 Å². The highest BCUT2D eigenvalue weighted by atomic mass is 19.3. The van der Waals surface area contributed by atoms with Gasteiger partial charge in [0.2, 0.25) is 23.5 Å². The summed E-state index contributed by atoms with van der Waals surface area (Å²) in [6.45, 7) is 5.72. The first-order valence-electron chi connectivity index (χ1n) is 18.1. The van der Waals surface area contributed by atoms with E-state index in [1.54, 1.807) is 27.7 Å². The number of nitrogens with one attached hydrogen (secondary N) is 5. The fourth-order valence-corrected chi connectivity index (χ4v) is 7.42. The number of hydrogen-bond donors (Lipinski definition) is 5. The van der Waals surface area contributed by atoms with Gasteiger partial charge in [0.1, 0.15) is 23.8 Å². The first kappa shape index (κ1) is 38.2. The van der Waals surface area contributed by atoms with Crippen molar-refractivity contribution >= 4 is 35.3 Å². The van der Waals surface area contributed by atoms with Crippen molar-refractivity contribution in [2.45, 2.75) is 128 Å². The van der Waals surface area contributed by atoms with E-state index in [0.717, 1.165) is 37.0 Å². The Balaban J connectivity index is 1.39. The molecule has 4 aliphatic rings. The van der Waals surface area contributed by atoms with Gasteiger partial charge in [0, 0.05) is 31.0 Å². The van der Waals surface area contributed by atoms with Crippen LogP contribution in [0.1, 0.15) is 96.0 Å². The van der Waals surface area contributed by atoms with Gasteiger partial charge in [-0.05, 0) is 43.4 Å². The van der Waals surface area contributed by atoms with Gasteiger partial charge >= 0.3 is 0 Å². The highest BCUT2D eigenvalue weighted by molar-refractivity contribution is 6.38. The molecule has 2 saturated heterocycles. The SMILES string of the molecule is CCC[C@H](NC(=O)[C@@H]1C2NCC(F)(F)C2CN1C(=O)[C@@H](NC(=O)[C@@H](NC(=O)c1cnccn1)C1CCCCC1)C(C)(C)C)C(=O)C(=O)NC1CC1. The summed E-state index contributed by atoms with van der Waals surface area (Å²) in [5.41, 5.74) is -0.944. The van der Waals surface area contributed by atoms with Crippen LogP contribution in [0.3, 0.4) is 0 Å². The van der Waals surface area contributed by atoms with E-state index < -0.39 is 95.9 Å². The molecule has 3 heterocycles. The van der Waals surface area contributed by atoms with Crippen molar-refractivity contribution in [2.75, 3.05) is 13.1 Å². The Morgan fingerprint density at radius 3 is 2.31 bits per heavy atom. The summed E-state index contributed by atoms with van der Waals surface area (Å²) < 4.78 is 30.4. The van der Waals surface area contributed by atoms with Crippen LogP contribution in [0.25, 0.3) is 0 Å². The fraction of sp³-hybridized carbons (Fsp3) is 0.714. The van der Waals surface area contributed by atoms with Crippen LogP contribution in [0, 0.1) is 17.3 Å². The molecule has 1 aromatic heterocycles. The Hall–Kier alpha value is -4.08. The molecule has 6 atom stereocenters. The topological polar surface area (TPSA) is 192 Å². The molecule has 0 bridgehead atoms. The maximum Gasteiger partial charge on any atom is 0.289 e. The van der Waals surface area contributed by atoms with E-state index >= 15 is 8.78 Å². The third kappa shape index (κ3) is 8.87. The summed E-state index contributed by atoms with van der Waals surface area (Å²) in [5, 5.41) is 13.6. The predicted molar refractivity (Wildman–Crippen MR) is 180 cm³/mol. The highest BCUT2D eigenvalue weighted by Crippen LogP contribution is 2.41. The van der Waals surface area contributed by atoms with Crippen molar-refractivity contribution in [1.29, 1.82) is 0 Å². The minimum Gasteiger partial charge on any atom is -0.347 e. The summed E-state index contributed by atoms with van der Waals surface area (Å²) >= 11 is 0. The Morgan fingerprint density at radius 2 is 1.71 bits per heavy atom. The van der Waals surface area contributed by atoms with Crippen LogP contribution in [0.4, 0.5) is 8.78 Å². The first-order chi connectivity index (χ1) is 24.1. The maximum atomic E-state index is 15.2. The van der Waals surface area contributed by atoms with Crippen LogP contribution in [0.15, 0.2) is 18.6 Å². The molecule has 0 spiro atoms. The maximum absolute atomic E-state index is 15.2. The quantitative estimate of drug-likeness (QED) is 0.187. The van der Waals surface area contributed by atoms with Gasteiger partial charge in [-0.15, -0.1) is 0 Å². The van der Waals surface area contributed by atoms with Gasteiger partial charge < -0.3 is 31.5 Å². The Labute approximate surface area is 296 Å². The van der Waals surface area contributed by atoms with E-state index in [-0.39, 0.29) is 24.1 Å². The van der Waals surface area contributed by atoms with E-state index in [2.05, 4.69) is 36.6 Å². The Kier molecular flexibility index (Phi) is 11.7. The number of aromatic nitrogens is 2. The van der Waals surface area contributed by atoms with Gasteiger partial charge in [-0.1, -0.05) is 53.4 Å². The molecule has 4 fully saturated rings. The molecule has 5 rings (SSSR count). The van der Waals surface area contributed by atoms with Crippen LogP contribution in [0.5, 0.6) is 0 Å². The summed E-state index contributed by atoms with van der Waals surface area (Å²) in [7, 11) is 0. The molecule has 5 N–H and O–H groups in total. The first-order valence-corrected chi connectivity index (χ1v) is 18.1. The van der Waals surface area contributed by atoms with Gasteiger partial charge in [0.25, 0.3) is 17.7 Å². The number of nitrogens with zero attached hydrogens (tertiary/aromatic N) is 3. The number of halogens is 2. The van der Waals surface area contributed by atoms with Gasteiger partial charge in [-0.2, -0.15) is 0 Å². The lowest BCUT2D eigenvalue weighted by atomic mass is 9.82. The van der Waals surface area contributed by atoms with Crippen LogP contribution in [0.2, 0.25) is 0 Å². The highest BCUT2D eigenvalue weighted by Gasteiger charge is 2.62. The predicted octanol–water partition coefficient (Wildman–Crippen LogP) is 1.25. The third-order valence-electron chi connectivity index (χ3n) is 10.4. The van der Waals surface area contributed by atoms with Gasteiger partial charge in [0.15, 0.2) is 0 Å². The molecule has 280 valence electrons. The van der Waals surface area contributed by atoms with Gasteiger partial charge in [0.05, 0.1) is 24.7 Å². The van der Waals surface area contributed by atoms with Crippen LogP contribution in [-0.4, -0.2) is 105 Å². The number of Topliss-reactive ketones (excluding diaryl/α,β-unsaturated/α-hetero) is 1. The molecule has 2 aliphatic carbocycles. The fourth-order valence-electron chi connectivity index (χ4n) is 7.42. The zero-order valence-electron chi connectivity index (χ0n) is 29.7. The molecule has 0 radical (unpaired) electrons. The third-order valence-corrected chi connectivity index (χ3v) is 10.4. The van der Waals surface area contributed by atoms with Crippen LogP contribution >= 0.6 is 0 Å². The van der Waals surface area contributed by atoms with E-state index in [0.29, 0.717) is 19.3 Å². The second kappa shape index (κ2) is 15.7. The molecular weight excluding hydrogens is 666 g/mol. The molecule has 14 nitrogen and oxygen atoms in total. The molecule has 2 unspecified atom stereocenters. The lowest BCUT2D eigenvalue weighted by molar-refractivity contribution is -0.146. The normalized spacial score (nSPS) is 24.8. The number of amides is 5. The Bertz CT molecular complexity index is 1480. The van der Waals surface area contributed by atoms with E-state index in [4.69, 9.17) is 0 Å². The van der Waals surface area contributed by atoms with E-state index in [9.17, 15) is 28.8 Å². The number of alkyl halides is 2. The lowest BCUT2D eigenvalue weighted by Gasteiger charge is -2.38. The summed E-state index contributed by atoms with van der Waals surface area (Å²) in [5.74, 6) is -9.37. The molecule has 2 saturated carbocycles. The molecule has 51 heavy (non-hydrogen) atoms. The zero-order valence-corrected chi connectivity index (χ0v) is 29.7. The molecule has 16 heteroatoms. The lowest BCUT2D eigenvalue weighted by Crippen LogP contribution is -2.63. The number of ketones is 1. The molecular formula is C35H50F2N8O6. The number of carbonyl (C=O) groups is 6. The number of fused-ring (bicyclic) bond motifs is 1. The molecule has 0 aromatic carbocycles. The standard InChI is InChI=1S/C35H50F2N8O6/c1-5-9-22(27(46)32(50)41-20-12-13-20)42-31(49)26-25-21(35(36,37)18-40-25)17-45(26)33(51)28(34(2,3)4)44-30(48)24(19-10-7-6-8-11-19)43-29(47)23-16-38-14-15-39-23/h14-16,19-22,24-26,28,40H,5-13,17-18H2,1-4H3,(H,41,50)(H,42,49)(H,43,47)(H,44,48)/t21?,22-,24-,25?,26-,28+/m0/s1. The average Bonchev–Trinajstić information content (AvgIpc) is 3.74.